The van der Waals surface area contributed by atoms with Gasteiger partial charge >= 0.3 is 11.9 Å². The van der Waals surface area contributed by atoms with Crippen molar-refractivity contribution in [1.29, 1.82) is 0 Å². The fourth-order valence-corrected chi connectivity index (χ4v) is 1.62. The van der Waals surface area contributed by atoms with Crippen LogP contribution in [-0.2, 0) is 24.0 Å². The van der Waals surface area contributed by atoms with Crippen LogP contribution in [0, 0.1) is 0 Å². The number of hydrogen-bond donors (Lipinski definition) is 5. The molecule has 0 saturated carbocycles. The molecule has 2 atom stereocenters. The quantitative estimate of drug-likeness (QED) is 0.291. The number of carboxylic acids is 2. The zero-order valence-electron chi connectivity index (χ0n) is 11.3. The van der Waals surface area contributed by atoms with E-state index >= 15 is 0 Å². The van der Waals surface area contributed by atoms with E-state index in [1.807, 2.05) is 5.32 Å². The second-order valence-electron chi connectivity index (χ2n) is 4.43. The summed E-state index contributed by atoms with van der Waals surface area (Å²) in [6.07, 6.45) is -1.90. The molecule has 10 nitrogen and oxygen atoms in total. The summed E-state index contributed by atoms with van der Waals surface area (Å²) in [5, 5.41) is 19.8. The van der Waals surface area contributed by atoms with E-state index in [2.05, 4.69) is 0 Å². The summed E-state index contributed by atoms with van der Waals surface area (Å²) < 4.78 is 0. The fraction of sp³-hybridized carbons (Fsp3) is 0.545. The van der Waals surface area contributed by atoms with Crippen LogP contribution < -0.4 is 16.8 Å². The maximum absolute atomic E-state index is 12.1. The average molecular weight is 303 g/mol. The molecular formula is C11H17N3O7. The maximum atomic E-state index is 12.1. The molecule has 7 N–H and O–H groups in total. The number of Topliss-reactive ketones (excluding diaryl/α,β-unsaturated/α-hetero) is 1. The van der Waals surface area contributed by atoms with Crippen LogP contribution in [0.25, 0.3) is 0 Å². The summed E-state index contributed by atoms with van der Waals surface area (Å²) in [7, 11) is 0. The zero-order valence-corrected chi connectivity index (χ0v) is 11.3. The van der Waals surface area contributed by atoms with Crippen molar-refractivity contribution in [1.82, 2.24) is 5.32 Å². The topological polar surface area (TPSA) is 190 Å². The van der Waals surface area contributed by atoms with Crippen molar-refractivity contribution in [3.63, 3.8) is 0 Å². The third-order valence-electron chi connectivity index (χ3n) is 2.70. The number of hydrogen-bond acceptors (Lipinski definition) is 6. The molecule has 21 heavy (non-hydrogen) atoms. The maximum Gasteiger partial charge on any atom is 0.337 e. The Labute approximate surface area is 119 Å². The molecule has 0 unspecified atom stereocenters. The average Bonchev–Trinajstić information content (AvgIpc) is 2.32. The number of carbonyl (C=O) groups excluding carboxylic acids is 3. The van der Waals surface area contributed by atoms with Gasteiger partial charge in [-0.15, -0.1) is 0 Å². The van der Waals surface area contributed by atoms with Gasteiger partial charge in [0.05, 0.1) is 0 Å². The van der Waals surface area contributed by atoms with Crippen molar-refractivity contribution < 1.29 is 34.2 Å². The molecule has 0 aromatic heterocycles. The van der Waals surface area contributed by atoms with Gasteiger partial charge in [0.15, 0.2) is 11.3 Å². The molecule has 0 aliphatic heterocycles. The number of carboxylic acid groups (broad SMARTS) is 2. The Hall–Kier alpha value is -2.49. The second kappa shape index (κ2) is 7.33. The van der Waals surface area contributed by atoms with Crippen LogP contribution in [0.5, 0.6) is 0 Å². The van der Waals surface area contributed by atoms with Gasteiger partial charge in [-0.3, -0.25) is 19.2 Å². The lowest BCUT2D eigenvalue weighted by Crippen LogP contribution is -2.61. The molecule has 0 aromatic carbocycles. The predicted octanol–water partition coefficient (Wildman–Crippen LogP) is -2.42. The Bertz CT molecular complexity index is 476. The van der Waals surface area contributed by atoms with Gasteiger partial charge in [-0.1, -0.05) is 0 Å². The van der Waals surface area contributed by atoms with Crippen molar-refractivity contribution in [2.24, 2.45) is 11.5 Å². The number of amides is 2. The van der Waals surface area contributed by atoms with Crippen molar-refractivity contribution in [2.45, 2.75) is 37.8 Å². The Kier molecular flexibility index (Phi) is 6.46. The van der Waals surface area contributed by atoms with Crippen molar-refractivity contribution in [3.05, 3.63) is 0 Å². The molecule has 0 spiro atoms. The molecular weight excluding hydrogens is 286 g/mol. The first-order valence-corrected chi connectivity index (χ1v) is 5.85. The lowest BCUT2D eigenvalue weighted by Gasteiger charge is -2.28. The van der Waals surface area contributed by atoms with Gasteiger partial charge in [0, 0.05) is 19.8 Å². The molecule has 0 aliphatic rings. The van der Waals surface area contributed by atoms with Crippen molar-refractivity contribution in [3.8, 4) is 0 Å². The Balaban J connectivity index is 5.46. The number of rotatable bonds is 9. The molecule has 0 aliphatic carbocycles. The first-order valence-electron chi connectivity index (χ1n) is 5.85. The minimum absolute atomic E-state index is 0.485. The van der Waals surface area contributed by atoms with Crippen LogP contribution in [0.2, 0.25) is 0 Å². The standard InChI is InChI=1S/C11H17N3O7/c1-5(15)14-11(10(20)21,3-2-8(13)17)7(16)4-6(12)9(18)19/h6H,2-4,12H2,1H3,(H2,13,17)(H,14,15)(H,18,19)(H,20,21)/t6-,11+/m0/s1. The summed E-state index contributed by atoms with van der Waals surface area (Å²) in [4.78, 5) is 56.0. The molecule has 0 aromatic rings. The molecule has 0 rings (SSSR count). The number of carbonyl (C=O) groups is 5. The Morgan fingerprint density at radius 1 is 1.19 bits per heavy atom. The first kappa shape index (κ1) is 18.5. The highest BCUT2D eigenvalue weighted by Gasteiger charge is 2.47. The highest BCUT2D eigenvalue weighted by molar-refractivity contribution is 6.11. The van der Waals surface area contributed by atoms with E-state index in [1.165, 1.54) is 0 Å². The van der Waals surface area contributed by atoms with Gasteiger partial charge in [-0.25, -0.2) is 4.79 Å². The lowest BCUT2D eigenvalue weighted by molar-refractivity contribution is -0.154. The van der Waals surface area contributed by atoms with E-state index in [0.717, 1.165) is 6.92 Å². The highest BCUT2D eigenvalue weighted by atomic mass is 16.4. The Morgan fingerprint density at radius 3 is 2.05 bits per heavy atom. The summed E-state index contributed by atoms with van der Waals surface area (Å²) >= 11 is 0. The number of ketones is 1. The number of primary amides is 1. The molecule has 118 valence electrons. The number of nitrogens with two attached hydrogens (primary N) is 2. The molecule has 0 radical (unpaired) electrons. The largest absolute Gasteiger partial charge is 0.480 e. The van der Waals surface area contributed by atoms with Crippen LogP contribution in [0.1, 0.15) is 26.2 Å². The normalized spacial score (nSPS) is 14.6. The van der Waals surface area contributed by atoms with E-state index in [1.54, 1.807) is 0 Å². The van der Waals surface area contributed by atoms with Gasteiger partial charge in [0.25, 0.3) is 0 Å². The molecule has 2 amide bonds. The number of nitrogens with one attached hydrogen (secondary N) is 1. The second-order valence-corrected chi connectivity index (χ2v) is 4.43. The van der Waals surface area contributed by atoms with E-state index in [-0.39, 0.29) is 0 Å². The summed E-state index contributed by atoms with van der Waals surface area (Å²) in [6, 6.07) is -1.63. The zero-order chi connectivity index (χ0) is 16.8. The van der Waals surface area contributed by atoms with Gasteiger partial charge in [0.2, 0.25) is 11.8 Å². The highest BCUT2D eigenvalue weighted by Crippen LogP contribution is 2.18. The van der Waals surface area contributed by atoms with Crippen LogP contribution in [-0.4, -0.2) is 51.3 Å². The summed E-state index contributed by atoms with van der Waals surface area (Å²) in [5.41, 5.74) is 7.65. The van der Waals surface area contributed by atoms with Crippen LogP contribution >= 0.6 is 0 Å². The first-order chi connectivity index (χ1) is 9.52. The van der Waals surface area contributed by atoms with E-state index < -0.39 is 60.4 Å². The van der Waals surface area contributed by atoms with Crippen LogP contribution in [0.15, 0.2) is 0 Å². The van der Waals surface area contributed by atoms with Gasteiger partial charge in [-0.2, -0.15) is 0 Å². The molecule has 0 fully saturated rings. The molecule has 0 saturated heterocycles. The van der Waals surface area contributed by atoms with Gasteiger partial charge < -0.3 is 27.0 Å². The molecule has 0 heterocycles. The molecule has 10 heteroatoms. The third-order valence-corrected chi connectivity index (χ3v) is 2.70. The lowest BCUT2D eigenvalue weighted by atomic mass is 9.85. The summed E-state index contributed by atoms with van der Waals surface area (Å²) in [6.45, 7) is 0.979. The monoisotopic (exact) mass is 303 g/mol. The smallest absolute Gasteiger partial charge is 0.337 e. The van der Waals surface area contributed by atoms with Gasteiger partial charge in [-0.05, 0) is 6.42 Å². The van der Waals surface area contributed by atoms with E-state index in [4.69, 9.17) is 16.6 Å². The minimum atomic E-state index is -2.44. The number of aliphatic carboxylic acids is 2. The predicted molar refractivity (Wildman–Crippen MR) is 67.8 cm³/mol. The van der Waals surface area contributed by atoms with Crippen molar-refractivity contribution in [2.75, 3.05) is 0 Å². The van der Waals surface area contributed by atoms with Crippen molar-refractivity contribution >= 4 is 29.5 Å². The fourth-order valence-electron chi connectivity index (χ4n) is 1.62. The van der Waals surface area contributed by atoms with Crippen LogP contribution in [0.4, 0.5) is 0 Å². The Morgan fingerprint density at radius 2 is 1.71 bits per heavy atom. The molecule has 0 bridgehead atoms. The van der Waals surface area contributed by atoms with E-state index in [0.29, 0.717) is 0 Å². The third kappa shape index (κ3) is 5.18. The van der Waals surface area contributed by atoms with Gasteiger partial charge in [0.1, 0.15) is 6.04 Å². The SMILES string of the molecule is CC(=O)N[C@@](CCC(N)=O)(C(=O)O)C(=O)C[C@H](N)C(=O)O. The summed E-state index contributed by atoms with van der Waals surface area (Å²) in [5.74, 6) is -6.05. The minimum Gasteiger partial charge on any atom is -0.480 e. The van der Waals surface area contributed by atoms with E-state index in [9.17, 15) is 29.1 Å². The van der Waals surface area contributed by atoms with Crippen LogP contribution in [0.3, 0.4) is 0 Å².